The quantitative estimate of drug-likeness (QED) is 0.381. The van der Waals surface area contributed by atoms with Gasteiger partial charge in [-0.05, 0) is 37.6 Å². The van der Waals surface area contributed by atoms with E-state index in [0.29, 0.717) is 11.9 Å². The molecule has 3 fully saturated rings. The van der Waals surface area contributed by atoms with E-state index in [1.165, 1.54) is 0 Å². The van der Waals surface area contributed by atoms with Crippen LogP contribution in [0, 0.1) is 0 Å². The summed E-state index contributed by atoms with van der Waals surface area (Å²) < 4.78 is 6.40. The summed E-state index contributed by atoms with van der Waals surface area (Å²) in [5.74, 6) is 1.16. The highest BCUT2D eigenvalue weighted by Gasteiger charge is 2.42. The summed E-state index contributed by atoms with van der Waals surface area (Å²) in [5.41, 5.74) is 0.942. The van der Waals surface area contributed by atoms with Gasteiger partial charge in [-0.15, -0.1) is 11.3 Å². The number of anilines is 1. The minimum Gasteiger partial charge on any atom is -0.481 e. The number of amides is 1. The maximum absolute atomic E-state index is 13.6. The molecule has 0 bridgehead atoms. The standard InChI is InChI=1S/C26H34N8O2S/c1-36-21-10-4-9-20(30-21)33-12-14-34(15-13-33)26-31-23(28-17-6-5-11-27-16-17)22(24(35)32-26)25-29-18-7-2-3-8-19(18)37-25/h2-4,7-10,17,22-23,26-28,31H,5-6,11-16H2,1H3,(H,32,35)/t17-,22?,23?,26?/m1/s1. The van der Waals surface area contributed by atoms with Crippen molar-refractivity contribution in [1.82, 2.24) is 36.1 Å². The largest absolute Gasteiger partial charge is 0.481 e. The molecule has 3 aromatic rings. The highest BCUT2D eigenvalue weighted by molar-refractivity contribution is 7.18. The fourth-order valence-corrected chi connectivity index (χ4v) is 6.56. The molecule has 3 aliphatic heterocycles. The predicted molar refractivity (Wildman–Crippen MR) is 145 cm³/mol. The Morgan fingerprint density at radius 2 is 1.95 bits per heavy atom. The fourth-order valence-electron chi connectivity index (χ4n) is 5.45. The number of piperidine rings is 1. The molecule has 3 unspecified atom stereocenters. The zero-order valence-electron chi connectivity index (χ0n) is 21.0. The average Bonchev–Trinajstić information content (AvgIpc) is 3.37. The van der Waals surface area contributed by atoms with E-state index in [2.05, 4.69) is 42.1 Å². The van der Waals surface area contributed by atoms with Crippen molar-refractivity contribution in [2.24, 2.45) is 0 Å². The number of nitrogens with zero attached hydrogens (tertiary/aromatic N) is 4. The van der Waals surface area contributed by atoms with Crippen LogP contribution >= 0.6 is 11.3 Å². The number of thiazole rings is 1. The molecule has 3 saturated heterocycles. The van der Waals surface area contributed by atoms with Crippen LogP contribution in [0.5, 0.6) is 5.88 Å². The Morgan fingerprint density at radius 3 is 2.73 bits per heavy atom. The van der Waals surface area contributed by atoms with Gasteiger partial charge in [0, 0.05) is 44.8 Å². The molecule has 3 aliphatic rings. The van der Waals surface area contributed by atoms with E-state index in [4.69, 9.17) is 9.72 Å². The topological polar surface area (TPSA) is 107 Å². The number of hydrogen-bond donors (Lipinski definition) is 4. The van der Waals surface area contributed by atoms with Gasteiger partial charge >= 0.3 is 0 Å². The zero-order valence-corrected chi connectivity index (χ0v) is 21.8. The van der Waals surface area contributed by atoms with Crippen LogP contribution in [0.15, 0.2) is 42.5 Å². The molecule has 4 N–H and O–H groups in total. The van der Waals surface area contributed by atoms with Crippen molar-refractivity contribution in [3.05, 3.63) is 47.5 Å². The van der Waals surface area contributed by atoms with E-state index in [-0.39, 0.29) is 18.4 Å². The van der Waals surface area contributed by atoms with Crippen LogP contribution in [-0.4, -0.2) is 85.7 Å². The number of benzene rings is 1. The number of aromatic nitrogens is 2. The Balaban J connectivity index is 1.18. The van der Waals surface area contributed by atoms with E-state index in [0.717, 1.165) is 73.2 Å². The second kappa shape index (κ2) is 10.9. The number of ether oxygens (including phenoxy) is 1. The van der Waals surface area contributed by atoms with Gasteiger partial charge in [-0.2, -0.15) is 4.98 Å². The third-order valence-corrected chi connectivity index (χ3v) is 8.56. The van der Waals surface area contributed by atoms with Gasteiger partial charge < -0.3 is 20.3 Å². The molecular weight excluding hydrogens is 488 g/mol. The highest BCUT2D eigenvalue weighted by Crippen LogP contribution is 2.31. The lowest BCUT2D eigenvalue weighted by atomic mass is 10.00. The van der Waals surface area contributed by atoms with Gasteiger partial charge in [-0.3, -0.25) is 20.3 Å². The summed E-state index contributed by atoms with van der Waals surface area (Å²) in [6.07, 6.45) is 1.78. The van der Waals surface area contributed by atoms with Crippen LogP contribution in [0.25, 0.3) is 10.2 Å². The molecule has 10 nitrogen and oxygen atoms in total. The Hall–Kier alpha value is -2.83. The van der Waals surface area contributed by atoms with Crippen LogP contribution in [0.3, 0.4) is 0 Å². The molecule has 0 aliphatic carbocycles. The second-order valence-corrected chi connectivity index (χ2v) is 10.9. The van der Waals surface area contributed by atoms with Crippen molar-refractivity contribution in [3.63, 3.8) is 0 Å². The molecule has 0 radical (unpaired) electrons. The molecule has 2 aromatic heterocycles. The van der Waals surface area contributed by atoms with Gasteiger partial charge in [0.25, 0.3) is 0 Å². The lowest BCUT2D eigenvalue weighted by Crippen LogP contribution is -2.72. The minimum atomic E-state index is -0.391. The summed E-state index contributed by atoms with van der Waals surface area (Å²) in [6.45, 7) is 5.21. The number of carbonyl (C=O) groups excluding carboxylic acids is 1. The second-order valence-electron chi connectivity index (χ2n) is 9.82. The van der Waals surface area contributed by atoms with Crippen molar-refractivity contribution in [1.29, 1.82) is 0 Å². The molecular formula is C26H34N8O2S. The van der Waals surface area contributed by atoms with Gasteiger partial charge in [-0.25, -0.2) is 4.98 Å². The summed E-state index contributed by atoms with van der Waals surface area (Å²) >= 11 is 1.61. The summed E-state index contributed by atoms with van der Waals surface area (Å²) in [5, 5.41) is 15.1. The molecule has 6 rings (SSSR count). The number of para-hydroxylation sites is 1. The molecule has 4 atom stereocenters. The number of fused-ring (bicyclic) bond motifs is 1. The number of rotatable bonds is 6. The van der Waals surface area contributed by atoms with Crippen molar-refractivity contribution in [2.75, 3.05) is 51.3 Å². The van der Waals surface area contributed by atoms with Crippen LogP contribution < -0.4 is 30.9 Å². The van der Waals surface area contributed by atoms with Gasteiger partial charge in [0.2, 0.25) is 11.8 Å². The van der Waals surface area contributed by atoms with E-state index in [1.54, 1.807) is 18.4 Å². The fraction of sp³-hybridized carbons (Fsp3) is 0.500. The smallest absolute Gasteiger partial charge is 0.235 e. The Labute approximate surface area is 220 Å². The van der Waals surface area contributed by atoms with Crippen molar-refractivity contribution in [2.45, 2.75) is 37.3 Å². The maximum atomic E-state index is 13.6. The molecule has 0 saturated carbocycles. The zero-order chi connectivity index (χ0) is 25.2. The Morgan fingerprint density at radius 1 is 1.08 bits per heavy atom. The van der Waals surface area contributed by atoms with E-state index < -0.39 is 5.92 Å². The first kappa shape index (κ1) is 24.5. The summed E-state index contributed by atoms with van der Waals surface area (Å²) in [7, 11) is 1.64. The first-order valence-corrected chi connectivity index (χ1v) is 13.9. The number of methoxy groups -OCH3 is 1. The normalized spacial score (nSPS) is 27.3. The number of hydrogen-bond acceptors (Lipinski definition) is 10. The van der Waals surface area contributed by atoms with Crippen molar-refractivity contribution >= 4 is 33.3 Å². The molecule has 1 aromatic carbocycles. The third-order valence-electron chi connectivity index (χ3n) is 7.44. The summed E-state index contributed by atoms with van der Waals surface area (Å²) in [6, 6.07) is 14.2. The molecule has 196 valence electrons. The van der Waals surface area contributed by atoms with E-state index in [1.807, 2.05) is 36.4 Å². The third kappa shape index (κ3) is 5.27. The Bertz CT molecular complexity index is 1190. The van der Waals surface area contributed by atoms with E-state index >= 15 is 0 Å². The van der Waals surface area contributed by atoms with Crippen molar-refractivity contribution in [3.8, 4) is 5.88 Å². The van der Waals surface area contributed by atoms with Gasteiger partial charge in [-0.1, -0.05) is 18.2 Å². The Kier molecular flexibility index (Phi) is 7.21. The number of nitrogens with one attached hydrogen (secondary N) is 4. The number of carbonyl (C=O) groups is 1. The van der Waals surface area contributed by atoms with Gasteiger partial charge in [0.15, 0.2) is 0 Å². The minimum absolute atomic E-state index is 0.0148. The lowest BCUT2D eigenvalue weighted by Gasteiger charge is -2.46. The predicted octanol–water partition coefficient (Wildman–Crippen LogP) is 1.28. The van der Waals surface area contributed by atoms with E-state index in [9.17, 15) is 4.79 Å². The molecule has 1 amide bonds. The first-order valence-electron chi connectivity index (χ1n) is 13.1. The highest BCUT2D eigenvalue weighted by atomic mass is 32.1. The van der Waals surface area contributed by atoms with Crippen LogP contribution in [0.2, 0.25) is 0 Å². The van der Waals surface area contributed by atoms with Crippen LogP contribution in [0.1, 0.15) is 23.8 Å². The van der Waals surface area contributed by atoms with Gasteiger partial charge in [0.05, 0.1) is 23.5 Å². The molecule has 5 heterocycles. The molecule has 37 heavy (non-hydrogen) atoms. The number of piperazine rings is 1. The SMILES string of the molecule is COc1cccc(N2CCN(C3NC(=O)C(c4nc5ccccc5s4)C(N[C@@H]4CCCNC4)N3)CC2)n1. The average molecular weight is 523 g/mol. The molecule has 0 spiro atoms. The molecule has 11 heteroatoms. The lowest BCUT2D eigenvalue weighted by molar-refractivity contribution is -0.129. The van der Waals surface area contributed by atoms with Crippen molar-refractivity contribution < 1.29 is 9.53 Å². The van der Waals surface area contributed by atoms with Crippen LogP contribution in [-0.2, 0) is 4.79 Å². The monoisotopic (exact) mass is 522 g/mol. The van der Waals surface area contributed by atoms with Gasteiger partial charge in [0.1, 0.15) is 23.0 Å². The summed E-state index contributed by atoms with van der Waals surface area (Å²) in [4.78, 5) is 27.6. The maximum Gasteiger partial charge on any atom is 0.235 e. The first-order chi connectivity index (χ1) is 18.2. The number of pyridine rings is 1. The van der Waals surface area contributed by atoms with Crippen LogP contribution in [0.4, 0.5) is 5.82 Å².